The Morgan fingerprint density at radius 1 is 1.31 bits per heavy atom. The van der Waals surface area contributed by atoms with E-state index in [1.54, 1.807) is 0 Å². The van der Waals surface area contributed by atoms with E-state index in [2.05, 4.69) is 52.3 Å². The first-order valence-corrected chi connectivity index (χ1v) is 10.6. The van der Waals surface area contributed by atoms with Crippen molar-refractivity contribution in [1.82, 2.24) is 24.9 Å². The van der Waals surface area contributed by atoms with Crippen LogP contribution in [0.15, 0.2) is 17.4 Å². The molecule has 166 valence electrons. The summed E-state index contributed by atoms with van der Waals surface area (Å²) >= 11 is 0. The van der Waals surface area contributed by atoms with Crippen molar-refractivity contribution >= 4 is 29.9 Å². The molecule has 0 radical (unpaired) electrons. The molecule has 1 aromatic heterocycles. The molecule has 1 aliphatic heterocycles. The van der Waals surface area contributed by atoms with Gasteiger partial charge in [-0.15, -0.1) is 24.0 Å². The number of ether oxygens (including phenoxy) is 1. The van der Waals surface area contributed by atoms with Crippen molar-refractivity contribution in [1.29, 1.82) is 0 Å². The van der Waals surface area contributed by atoms with E-state index in [-0.39, 0.29) is 35.1 Å². The van der Waals surface area contributed by atoms with E-state index >= 15 is 0 Å². The van der Waals surface area contributed by atoms with Gasteiger partial charge in [0.2, 0.25) is 0 Å². The number of halogens is 1. The molecule has 8 heteroatoms. The molecule has 1 saturated carbocycles. The zero-order valence-electron chi connectivity index (χ0n) is 18.8. The third-order valence-corrected chi connectivity index (χ3v) is 6.21. The Bertz CT molecular complexity index is 668. The molecule has 0 unspecified atom stereocenters. The third-order valence-electron chi connectivity index (χ3n) is 6.21. The maximum atomic E-state index is 5.98. The Hall–Kier alpha value is -0.870. The lowest BCUT2D eigenvalue weighted by molar-refractivity contribution is -0.122. The Morgan fingerprint density at radius 2 is 2.03 bits per heavy atom. The van der Waals surface area contributed by atoms with Crippen LogP contribution in [0.2, 0.25) is 0 Å². The van der Waals surface area contributed by atoms with Crippen LogP contribution in [-0.2, 0) is 18.3 Å². The van der Waals surface area contributed by atoms with E-state index in [4.69, 9.17) is 4.74 Å². The molecule has 2 heterocycles. The summed E-state index contributed by atoms with van der Waals surface area (Å²) in [5.74, 6) is 0.946. The number of aryl methyl sites for hydroxylation is 1. The second kappa shape index (κ2) is 10.4. The van der Waals surface area contributed by atoms with Crippen molar-refractivity contribution < 1.29 is 4.74 Å². The predicted octanol–water partition coefficient (Wildman–Crippen LogP) is 2.86. The molecule has 0 spiro atoms. The Kier molecular flexibility index (Phi) is 8.78. The molecule has 0 aromatic carbocycles. The normalized spacial score (nSPS) is 22.0. The van der Waals surface area contributed by atoms with E-state index in [1.807, 2.05) is 25.0 Å². The van der Waals surface area contributed by atoms with Gasteiger partial charge < -0.3 is 15.0 Å². The summed E-state index contributed by atoms with van der Waals surface area (Å²) in [5.41, 5.74) is 1.32. The maximum Gasteiger partial charge on any atom is 0.193 e. The van der Waals surface area contributed by atoms with Gasteiger partial charge in [-0.05, 0) is 26.7 Å². The lowest BCUT2D eigenvalue weighted by atomic mass is 9.79. The van der Waals surface area contributed by atoms with Gasteiger partial charge in [0.1, 0.15) is 0 Å². The summed E-state index contributed by atoms with van der Waals surface area (Å²) in [6.45, 7) is 9.00. The predicted molar refractivity (Wildman–Crippen MR) is 129 cm³/mol. The van der Waals surface area contributed by atoms with E-state index in [0.29, 0.717) is 0 Å². The number of hydrogen-bond donors (Lipinski definition) is 1. The van der Waals surface area contributed by atoms with Crippen molar-refractivity contribution in [2.75, 3.05) is 40.3 Å². The zero-order valence-corrected chi connectivity index (χ0v) is 21.1. The SMILES string of the molecule is CN=C(NCC1(N2CCOC(C)(C)C2)CCCCC1)N(C)Cc1cnn(C)c1.I. The van der Waals surface area contributed by atoms with Crippen molar-refractivity contribution in [2.45, 2.75) is 63.6 Å². The number of hydrogen-bond acceptors (Lipinski definition) is 4. The number of guanidine groups is 1. The van der Waals surface area contributed by atoms with Crippen molar-refractivity contribution in [3.8, 4) is 0 Å². The summed E-state index contributed by atoms with van der Waals surface area (Å²) in [4.78, 5) is 9.41. The zero-order chi connectivity index (χ0) is 20.2. The van der Waals surface area contributed by atoms with Gasteiger partial charge in [-0.3, -0.25) is 14.6 Å². The average molecular weight is 518 g/mol. The lowest BCUT2D eigenvalue weighted by Gasteiger charge is -2.51. The highest BCUT2D eigenvalue weighted by atomic mass is 127. The van der Waals surface area contributed by atoms with Crippen LogP contribution in [0.1, 0.15) is 51.5 Å². The number of aliphatic imine (C=N–C) groups is 1. The fourth-order valence-electron chi connectivity index (χ4n) is 4.77. The molecule has 0 amide bonds. The number of nitrogens with one attached hydrogen (secondary N) is 1. The molecule has 1 aliphatic carbocycles. The van der Waals surface area contributed by atoms with Crippen LogP contribution in [0, 0.1) is 0 Å². The molecule has 2 aliphatic rings. The van der Waals surface area contributed by atoms with Crippen molar-refractivity contribution in [2.24, 2.45) is 12.0 Å². The molecule has 1 N–H and O–H groups in total. The van der Waals surface area contributed by atoms with E-state index in [1.165, 1.54) is 37.7 Å². The number of aromatic nitrogens is 2. The van der Waals surface area contributed by atoms with Crippen LogP contribution in [0.25, 0.3) is 0 Å². The summed E-state index contributed by atoms with van der Waals surface area (Å²) in [5, 5.41) is 7.97. The third kappa shape index (κ3) is 6.30. The van der Waals surface area contributed by atoms with Gasteiger partial charge in [0.05, 0.1) is 18.4 Å². The van der Waals surface area contributed by atoms with E-state index < -0.39 is 0 Å². The van der Waals surface area contributed by atoms with Gasteiger partial charge in [0.15, 0.2) is 5.96 Å². The molecule has 7 nitrogen and oxygen atoms in total. The second-order valence-corrected chi connectivity index (χ2v) is 9.09. The minimum Gasteiger partial charge on any atom is -0.373 e. The van der Waals surface area contributed by atoms with Crippen molar-refractivity contribution in [3.63, 3.8) is 0 Å². The van der Waals surface area contributed by atoms with Gasteiger partial charge in [0.25, 0.3) is 0 Å². The summed E-state index contributed by atoms with van der Waals surface area (Å²) in [6, 6.07) is 0. The number of rotatable bonds is 5. The highest BCUT2D eigenvalue weighted by Crippen LogP contribution is 2.36. The molecular weight excluding hydrogens is 479 g/mol. The van der Waals surface area contributed by atoms with Crippen LogP contribution in [0.5, 0.6) is 0 Å². The van der Waals surface area contributed by atoms with Gasteiger partial charge in [-0.2, -0.15) is 5.10 Å². The molecule has 0 bridgehead atoms. The summed E-state index contributed by atoms with van der Waals surface area (Å²) in [6.07, 6.45) is 10.4. The maximum absolute atomic E-state index is 5.98. The molecule has 2 fully saturated rings. The standard InChI is InChI=1S/C21H38N6O.HI/c1-20(2)17-27(11-12-28-20)21(9-7-6-8-10-21)16-23-19(22-3)25(4)14-18-13-24-26(5)15-18;/h13,15H,6-12,14,16-17H2,1-5H3,(H,22,23);1H. The topological polar surface area (TPSA) is 57.9 Å². The minimum absolute atomic E-state index is 0. The highest BCUT2D eigenvalue weighted by molar-refractivity contribution is 14.0. The molecular formula is C21H39IN6O. The fourth-order valence-corrected chi connectivity index (χ4v) is 4.77. The van der Waals surface area contributed by atoms with Gasteiger partial charge in [-0.25, -0.2) is 0 Å². The van der Waals surface area contributed by atoms with Crippen LogP contribution < -0.4 is 5.32 Å². The molecule has 29 heavy (non-hydrogen) atoms. The average Bonchev–Trinajstić information content (AvgIpc) is 3.07. The molecule has 0 atom stereocenters. The van der Waals surface area contributed by atoms with E-state index in [9.17, 15) is 0 Å². The van der Waals surface area contributed by atoms with Crippen LogP contribution in [0.3, 0.4) is 0 Å². The Labute approximate surface area is 193 Å². The van der Waals surface area contributed by atoms with Crippen LogP contribution >= 0.6 is 24.0 Å². The second-order valence-electron chi connectivity index (χ2n) is 9.09. The first kappa shape index (κ1) is 24.4. The van der Waals surface area contributed by atoms with Gasteiger partial charge in [-0.1, -0.05) is 19.3 Å². The Balaban J connectivity index is 0.00000300. The monoisotopic (exact) mass is 518 g/mol. The van der Waals surface area contributed by atoms with Crippen LogP contribution in [-0.4, -0.2) is 77.0 Å². The van der Waals surface area contributed by atoms with Crippen molar-refractivity contribution in [3.05, 3.63) is 18.0 Å². The van der Waals surface area contributed by atoms with Gasteiger partial charge >= 0.3 is 0 Å². The molecule has 1 aromatic rings. The molecule has 3 rings (SSSR count). The minimum atomic E-state index is -0.0680. The summed E-state index contributed by atoms with van der Waals surface area (Å²) < 4.78 is 7.83. The first-order valence-electron chi connectivity index (χ1n) is 10.6. The Morgan fingerprint density at radius 3 is 2.62 bits per heavy atom. The highest BCUT2D eigenvalue weighted by Gasteiger charge is 2.42. The van der Waals surface area contributed by atoms with Gasteiger partial charge in [0, 0.05) is 64.6 Å². The van der Waals surface area contributed by atoms with Crippen LogP contribution in [0.4, 0.5) is 0 Å². The quantitative estimate of drug-likeness (QED) is 0.369. The number of morpholine rings is 1. The molecule has 1 saturated heterocycles. The smallest absolute Gasteiger partial charge is 0.193 e. The van der Waals surface area contributed by atoms with E-state index in [0.717, 1.165) is 38.7 Å². The number of nitrogens with zero attached hydrogens (tertiary/aromatic N) is 5. The first-order chi connectivity index (χ1) is 13.3. The fraction of sp³-hybridized carbons (Fsp3) is 0.810. The lowest BCUT2D eigenvalue weighted by Crippen LogP contribution is -2.63. The largest absolute Gasteiger partial charge is 0.373 e. The summed E-state index contributed by atoms with van der Waals surface area (Å²) in [7, 11) is 5.91.